The number of nitrogens with zero attached hydrogens (tertiary/aromatic N) is 2. The van der Waals surface area contributed by atoms with E-state index in [2.05, 4.69) is 31.2 Å². The van der Waals surface area contributed by atoms with Gasteiger partial charge in [-0.1, -0.05) is 23.7 Å². The van der Waals surface area contributed by atoms with Gasteiger partial charge in [-0.15, -0.1) is 0 Å². The van der Waals surface area contributed by atoms with E-state index in [1.54, 1.807) is 24.3 Å². The van der Waals surface area contributed by atoms with Crippen molar-refractivity contribution in [3.05, 3.63) is 77.3 Å². The average molecular weight is 755 g/mol. The lowest BCUT2D eigenvalue weighted by Gasteiger charge is -2.16. The predicted octanol–water partition coefficient (Wildman–Crippen LogP) is 4.45. The number of fused-ring (bicyclic) bond motifs is 1. The molecule has 0 fully saturated rings. The number of halogens is 2. The molecule has 1 heterocycles. The minimum atomic E-state index is -1.86. The molecule has 53 heavy (non-hydrogen) atoms. The number of nitrogens with one attached hydrogen (secondary N) is 4. The number of aliphatic carboxylic acids is 2. The zero-order chi connectivity index (χ0) is 38.5. The van der Waals surface area contributed by atoms with Crippen LogP contribution in [0.5, 0.6) is 11.5 Å². The van der Waals surface area contributed by atoms with Crippen molar-refractivity contribution in [1.29, 1.82) is 0 Å². The van der Waals surface area contributed by atoms with Gasteiger partial charge >= 0.3 is 24.1 Å². The molecular weight excluding hydrogens is 723 g/mol. The molecule has 278 valence electrons. The molecule has 0 aliphatic carbocycles. The smallest absolute Gasteiger partial charge is 0.407 e. The summed E-state index contributed by atoms with van der Waals surface area (Å²) in [6, 6.07) is 10.9. The Hall–Kier alpha value is -6.56. The number of anilines is 3. The summed E-state index contributed by atoms with van der Waals surface area (Å²) >= 11 is 5.91. The number of carbonyl (C=O) groups is 6. The van der Waals surface area contributed by atoms with Crippen LogP contribution in [0.4, 0.5) is 31.2 Å². The Labute approximate surface area is 304 Å². The number of alkyl carbamates (subject to hydrolysis) is 1. The minimum absolute atomic E-state index is 0.0496. The van der Waals surface area contributed by atoms with Gasteiger partial charge in [0.1, 0.15) is 30.6 Å². The highest BCUT2D eigenvalue weighted by molar-refractivity contribution is 6.36. The van der Waals surface area contributed by atoms with Gasteiger partial charge in [0.25, 0.3) is 5.78 Å². The fraction of sp³-hybridized carbons (Fsp3) is 0.235. The number of hydrogen-bond donors (Lipinski definition) is 6. The SMILES string of the molecule is COc1cc2ncnc(Nc3ccc(F)c(Cl)c3)c2cc1OCCCNC(=O)OCc1ccc(NC(=O)N[C@@H](CCC(=O)C(=O)O)C(=O)C(=O)O)cc1. The molecule has 3 amide bonds. The van der Waals surface area contributed by atoms with Gasteiger partial charge in [0.15, 0.2) is 11.5 Å². The molecule has 0 radical (unpaired) electrons. The largest absolute Gasteiger partial charge is 0.493 e. The molecule has 0 saturated carbocycles. The molecule has 19 heteroatoms. The van der Waals surface area contributed by atoms with E-state index < -0.39 is 60.3 Å². The molecule has 3 aromatic carbocycles. The van der Waals surface area contributed by atoms with E-state index in [1.807, 2.05) is 0 Å². The number of urea groups is 1. The lowest BCUT2D eigenvalue weighted by molar-refractivity contribution is -0.150. The molecule has 0 aliphatic rings. The van der Waals surface area contributed by atoms with Gasteiger partial charge in [-0.2, -0.15) is 0 Å². The van der Waals surface area contributed by atoms with Gasteiger partial charge in [-0.25, -0.2) is 33.5 Å². The fourth-order valence-electron chi connectivity index (χ4n) is 4.60. The summed E-state index contributed by atoms with van der Waals surface area (Å²) in [4.78, 5) is 78.2. The van der Waals surface area contributed by atoms with Crippen LogP contribution in [0, 0.1) is 5.82 Å². The van der Waals surface area contributed by atoms with Gasteiger partial charge in [-0.3, -0.25) is 9.59 Å². The monoisotopic (exact) mass is 754 g/mol. The Balaban J connectivity index is 1.21. The summed E-state index contributed by atoms with van der Waals surface area (Å²) in [5.41, 5.74) is 1.87. The van der Waals surface area contributed by atoms with Crippen LogP contribution in [-0.4, -0.2) is 82.1 Å². The summed E-state index contributed by atoms with van der Waals surface area (Å²) in [6.07, 6.45) is -0.119. The van der Waals surface area contributed by atoms with E-state index in [0.717, 1.165) is 0 Å². The standard InChI is InChI=1S/C34H32ClFN6O11/c1-51-27-15-25-21(30(39-17-38-25)40-20-7-8-23(36)22(35)13-20)14-28(27)52-12-2-11-37-34(50)53-16-18-3-5-19(6-4-18)41-33(49)42-24(29(44)32(47)48)9-10-26(43)31(45)46/h3-8,13-15,17,24H,2,9-12,16H2,1H3,(H,37,50)(H,45,46)(H,47,48)(H,38,39,40)(H2,41,42,49)/t24-/m0/s1. The number of carboxylic acids is 2. The predicted molar refractivity (Wildman–Crippen MR) is 186 cm³/mol. The van der Waals surface area contributed by atoms with Crippen molar-refractivity contribution in [3.8, 4) is 11.5 Å². The molecule has 0 unspecified atom stereocenters. The van der Waals surface area contributed by atoms with Crippen molar-refractivity contribution >= 4 is 75.3 Å². The van der Waals surface area contributed by atoms with E-state index in [4.69, 9.17) is 36.0 Å². The first-order chi connectivity index (χ1) is 25.3. The summed E-state index contributed by atoms with van der Waals surface area (Å²) < 4.78 is 30.2. The maximum Gasteiger partial charge on any atom is 0.407 e. The number of carboxylic acid groups (broad SMARTS) is 2. The second-order valence-corrected chi connectivity index (χ2v) is 11.4. The van der Waals surface area contributed by atoms with Crippen LogP contribution in [0.25, 0.3) is 10.9 Å². The minimum Gasteiger partial charge on any atom is -0.493 e. The quantitative estimate of drug-likeness (QED) is 0.0607. The van der Waals surface area contributed by atoms with Crippen LogP contribution in [0.1, 0.15) is 24.8 Å². The molecule has 0 spiro atoms. The number of carbonyl (C=O) groups excluding carboxylic acids is 4. The topological polar surface area (TPSA) is 244 Å². The maximum atomic E-state index is 13.6. The number of hydrogen-bond acceptors (Lipinski definition) is 12. The van der Waals surface area contributed by atoms with Crippen molar-refractivity contribution in [1.82, 2.24) is 20.6 Å². The van der Waals surface area contributed by atoms with Crippen LogP contribution in [0.2, 0.25) is 5.02 Å². The van der Waals surface area contributed by atoms with E-state index in [0.29, 0.717) is 45.9 Å². The molecule has 1 aromatic heterocycles. The highest BCUT2D eigenvalue weighted by atomic mass is 35.5. The number of Topliss-reactive ketones (excluding diaryl/α,β-unsaturated/α-hetero) is 2. The maximum absolute atomic E-state index is 13.6. The van der Waals surface area contributed by atoms with Crippen LogP contribution < -0.4 is 30.7 Å². The van der Waals surface area contributed by atoms with Crippen molar-refractivity contribution in [3.63, 3.8) is 0 Å². The Morgan fingerprint density at radius 3 is 2.34 bits per heavy atom. The second-order valence-electron chi connectivity index (χ2n) is 11.0. The normalized spacial score (nSPS) is 11.2. The lowest BCUT2D eigenvalue weighted by atomic mass is 10.0. The highest BCUT2D eigenvalue weighted by Crippen LogP contribution is 2.35. The molecule has 6 N–H and O–H groups in total. The molecule has 4 aromatic rings. The van der Waals surface area contributed by atoms with Gasteiger partial charge in [0.05, 0.1) is 24.3 Å². The summed E-state index contributed by atoms with van der Waals surface area (Å²) in [5.74, 6) is -5.59. The Kier molecular flexibility index (Phi) is 13.8. The number of ether oxygens (including phenoxy) is 3. The van der Waals surface area contributed by atoms with E-state index in [1.165, 1.54) is 43.8 Å². The van der Waals surface area contributed by atoms with E-state index in [-0.39, 0.29) is 30.5 Å². The van der Waals surface area contributed by atoms with Gasteiger partial charge in [0.2, 0.25) is 5.78 Å². The number of amides is 3. The van der Waals surface area contributed by atoms with Crippen molar-refractivity contribution < 1.29 is 57.6 Å². The van der Waals surface area contributed by atoms with E-state index in [9.17, 15) is 33.2 Å². The summed E-state index contributed by atoms with van der Waals surface area (Å²) in [6.45, 7) is 0.294. The van der Waals surface area contributed by atoms with Crippen molar-refractivity contribution in [2.75, 3.05) is 30.9 Å². The van der Waals surface area contributed by atoms with Crippen LogP contribution in [-0.2, 0) is 30.5 Å². The Morgan fingerprint density at radius 1 is 0.925 bits per heavy atom. The number of rotatable bonds is 18. The Morgan fingerprint density at radius 2 is 1.66 bits per heavy atom. The molecule has 1 atom stereocenters. The number of methoxy groups -OCH3 is 1. The zero-order valence-electron chi connectivity index (χ0n) is 27.8. The highest BCUT2D eigenvalue weighted by Gasteiger charge is 2.28. The summed E-state index contributed by atoms with van der Waals surface area (Å²) in [7, 11) is 1.48. The molecule has 17 nitrogen and oxygen atoms in total. The third-order valence-electron chi connectivity index (χ3n) is 7.26. The van der Waals surface area contributed by atoms with E-state index >= 15 is 0 Å². The first-order valence-electron chi connectivity index (χ1n) is 15.6. The van der Waals surface area contributed by atoms with Gasteiger partial charge < -0.3 is 45.7 Å². The first kappa shape index (κ1) is 39.2. The van der Waals surface area contributed by atoms with Crippen molar-refractivity contribution in [2.45, 2.75) is 31.9 Å². The summed E-state index contributed by atoms with van der Waals surface area (Å²) in [5, 5.41) is 28.4. The van der Waals surface area contributed by atoms with Gasteiger partial charge in [-0.05, 0) is 54.8 Å². The first-order valence-corrected chi connectivity index (χ1v) is 16.0. The number of aromatic nitrogens is 2. The van der Waals surface area contributed by atoms with Gasteiger partial charge in [0, 0.05) is 35.8 Å². The van der Waals surface area contributed by atoms with Crippen molar-refractivity contribution in [2.24, 2.45) is 0 Å². The zero-order valence-corrected chi connectivity index (χ0v) is 28.6. The molecule has 4 rings (SSSR count). The van der Waals surface area contributed by atoms with Crippen LogP contribution in [0.15, 0.2) is 60.9 Å². The third kappa shape index (κ3) is 11.5. The molecule has 0 aliphatic heterocycles. The average Bonchev–Trinajstić information content (AvgIpc) is 3.13. The number of ketones is 2. The molecule has 0 bridgehead atoms. The second kappa shape index (κ2) is 18.6. The number of benzene rings is 3. The molecular formula is C34H32ClFN6O11. The van der Waals surface area contributed by atoms with Crippen LogP contribution >= 0.6 is 11.6 Å². The molecule has 0 saturated heterocycles. The third-order valence-corrected chi connectivity index (χ3v) is 7.55. The van der Waals surface area contributed by atoms with Crippen LogP contribution in [0.3, 0.4) is 0 Å². The Bertz CT molecular complexity index is 2020. The fourth-order valence-corrected chi connectivity index (χ4v) is 4.78. The lowest BCUT2D eigenvalue weighted by Crippen LogP contribution is -2.46.